The molecule has 1 fully saturated rings. The van der Waals surface area contributed by atoms with Crippen molar-refractivity contribution in [1.29, 1.82) is 0 Å². The molecule has 8 heavy (non-hydrogen) atoms. The molecule has 1 aliphatic heterocycles. The fraction of sp³-hybridized carbons (Fsp3) is 1.00. The van der Waals surface area contributed by atoms with Crippen molar-refractivity contribution in [2.45, 2.75) is 6.42 Å². The van der Waals surface area contributed by atoms with Gasteiger partial charge in [-0.25, -0.2) is 0 Å². The van der Waals surface area contributed by atoms with Crippen LogP contribution >= 0.6 is 15.9 Å². The van der Waals surface area contributed by atoms with Gasteiger partial charge in [0.1, 0.15) is 0 Å². The minimum atomic E-state index is 0.917. The predicted octanol–water partition coefficient (Wildman–Crippen LogP) is 1.33. The first-order valence-corrected chi connectivity index (χ1v) is 4.19. The highest BCUT2D eigenvalue weighted by Crippen LogP contribution is 2.15. The Morgan fingerprint density at radius 3 is 2.75 bits per heavy atom. The van der Waals surface area contributed by atoms with E-state index < -0.39 is 0 Å². The van der Waals surface area contributed by atoms with Crippen LogP contribution in [0.15, 0.2) is 0 Å². The van der Waals surface area contributed by atoms with Crippen LogP contribution in [0.2, 0.25) is 0 Å². The zero-order valence-electron chi connectivity index (χ0n) is 5.23. The van der Waals surface area contributed by atoms with Crippen molar-refractivity contribution in [3.63, 3.8) is 0 Å². The van der Waals surface area contributed by atoms with Crippen molar-refractivity contribution in [1.82, 2.24) is 4.90 Å². The number of hydrogen-bond acceptors (Lipinski definition) is 1. The Hall–Kier alpha value is 0.440. The third-order valence-corrected chi connectivity index (χ3v) is 2.62. The monoisotopic (exact) mass is 177 g/mol. The van der Waals surface area contributed by atoms with E-state index >= 15 is 0 Å². The zero-order chi connectivity index (χ0) is 5.98. The first-order valence-electron chi connectivity index (χ1n) is 3.07. The summed E-state index contributed by atoms with van der Waals surface area (Å²) in [6.45, 7) is 2.57. The highest BCUT2D eigenvalue weighted by atomic mass is 79.9. The van der Waals surface area contributed by atoms with Gasteiger partial charge in [0.25, 0.3) is 0 Å². The van der Waals surface area contributed by atoms with Crippen LogP contribution in [0.25, 0.3) is 0 Å². The Bertz CT molecular complexity index is 74.9. The van der Waals surface area contributed by atoms with Gasteiger partial charge in [-0.3, -0.25) is 0 Å². The zero-order valence-corrected chi connectivity index (χ0v) is 6.82. The van der Waals surface area contributed by atoms with E-state index in [-0.39, 0.29) is 0 Å². The Morgan fingerprint density at radius 2 is 2.50 bits per heavy atom. The number of halogens is 1. The van der Waals surface area contributed by atoms with Crippen LogP contribution in [0.3, 0.4) is 0 Å². The van der Waals surface area contributed by atoms with Crippen LogP contribution < -0.4 is 0 Å². The second-order valence-corrected chi connectivity index (χ2v) is 3.22. The summed E-state index contributed by atoms with van der Waals surface area (Å²) in [7, 11) is 2.18. The maximum atomic E-state index is 3.48. The Balaban J connectivity index is 2.22. The Morgan fingerprint density at radius 1 is 1.75 bits per heavy atom. The van der Waals surface area contributed by atoms with Gasteiger partial charge in [0.15, 0.2) is 0 Å². The molecular formula is C6H12BrN. The summed E-state index contributed by atoms with van der Waals surface area (Å²) in [6.07, 6.45) is 1.38. The van der Waals surface area contributed by atoms with Gasteiger partial charge in [0.05, 0.1) is 0 Å². The Labute approximate surface area is 59.2 Å². The van der Waals surface area contributed by atoms with Crippen LogP contribution in [0.4, 0.5) is 0 Å². The molecule has 1 saturated heterocycles. The van der Waals surface area contributed by atoms with Gasteiger partial charge in [0, 0.05) is 11.9 Å². The minimum absolute atomic E-state index is 0.917. The lowest BCUT2D eigenvalue weighted by Gasteiger charge is -2.05. The molecule has 0 saturated carbocycles. The number of alkyl halides is 1. The van der Waals surface area contributed by atoms with Crippen molar-refractivity contribution in [2.24, 2.45) is 5.92 Å². The van der Waals surface area contributed by atoms with E-state index in [2.05, 4.69) is 27.9 Å². The molecule has 0 spiro atoms. The topological polar surface area (TPSA) is 3.24 Å². The number of hydrogen-bond donors (Lipinski definition) is 0. The highest BCUT2D eigenvalue weighted by molar-refractivity contribution is 9.09. The fourth-order valence-corrected chi connectivity index (χ4v) is 1.68. The second-order valence-electron chi connectivity index (χ2n) is 2.57. The van der Waals surface area contributed by atoms with Crippen LogP contribution in [0.1, 0.15) is 6.42 Å². The molecule has 0 amide bonds. The molecule has 1 unspecified atom stereocenters. The molecule has 0 N–H and O–H groups in total. The Kier molecular flexibility index (Phi) is 2.32. The quantitative estimate of drug-likeness (QED) is 0.547. The molecule has 0 aliphatic carbocycles. The maximum Gasteiger partial charge on any atom is 0.00723 e. The summed E-state index contributed by atoms with van der Waals surface area (Å²) < 4.78 is 0. The maximum absolute atomic E-state index is 3.48. The molecule has 1 atom stereocenters. The summed E-state index contributed by atoms with van der Waals surface area (Å²) in [6, 6.07) is 0. The van der Waals surface area contributed by atoms with Crippen molar-refractivity contribution >= 4 is 15.9 Å². The van der Waals surface area contributed by atoms with E-state index in [1.165, 1.54) is 24.8 Å². The first kappa shape index (κ1) is 6.56. The normalized spacial score (nSPS) is 31.5. The van der Waals surface area contributed by atoms with Crippen molar-refractivity contribution in [3.8, 4) is 0 Å². The van der Waals surface area contributed by atoms with Gasteiger partial charge in [-0.2, -0.15) is 0 Å². The lowest BCUT2D eigenvalue weighted by atomic mass is 10.2. The van der Waals surface area contributed by atoms with E-state index in [0.29, 0.717) is 0 Å². The SMILES string of the molecule is CN1CCC(CBr)C1. The minimum Gasteiger partial charge on any atom is -0.306 e. The molecule has 2 heteroatoms. The van der Waals surface area contributed by atoms with Gasteiger partial charge in [-0.15, -0.1) is 0 Å². The summed E-state index contributed by atoms with van der Waals surface area (Å²) >= 11 is 3.48. The number of likely N-dealkylation sites (tertiary alicyclic amines) is 1. The van der Waals surface area contributed by atoms with Crippen LogP contribution in [-0.4, -0.2) is 30.4 Å². The summed E-state index contributed by atoms with van der Waals surface area (Å²) in [5, 5.41) is 1.18. The predicted molar refractivity (Wildman–Crippen MR) is 39.4 cm³/mol. The van der Waals surface area contributed by atoms with Gasteiger partial charge < -0.3 is 4.90 Å². The van der Waals surface area contributed by atoms with E-state index in [0.717, 1.165) is 5.92 Å². The van der Waals surface area contributed by atoms with E-state index in [1.807, 2.05) is 0 Å². The molecule has 1 heterocycles. The highest BCUT2D eigenvalue weighted by Gasteiger charge is 2.17. The third-order valence-electron chi connectivity index (χ3n) is 1.71. The summed E-state index contributed by atoms with van der Waals surface area (Å²) in [5.41, 5.74) is 0. The molecule has 0 aromatic rings. The molecule has 0 radical (unpaired) electrons. The third kappa shape index (κ3) is 1.46. The van der Waals surface area contributed by atoms with Gasteiger partial charge in [-0.05, 0) is 25.9 Å². The number of rotatable bonds is 1. The standard InChI is InChI=1S/C6H12BrN/c1-8-3-2-6(4-7)5-8/h6H,2-5H2,1H3. The van der Waals surface area contributed by atoms with Crippen LogP contribution in [0.5, 0.6) is 0 Å². The van der Waals surface area contributed by atoms with Gasteiger partial charge in [-0.1, -0.05) is 15.9 Å². The van der Waals surface area contributed by atoms with E-state index in [1.54, 1.807) is 0 Å². The number of nitrogens with zero attached hydrogens (tertiary/aromatic N) is 1. The van der Waals surface area contributed by atoms with Crippen LogP contribution in [-0.2, 0) is 0 Å². The van der Waals surface area contributed by atoms with Gasteiger partial charge in [0.2, 0.25) is 0 Å². The van der Waals surface area contributed by atoms with Crippen LogP contribution in [0, 0.1) is 5.92 Å². The molecule has 1 aliphatic rings. The average Bonchev–Trinajstić information content (AvgIpc) is 2.14. The van der Waals surface area contributed by atoms with E-state index in [4.69, 9.17) is 0 Å². The largest absolute Gasteiger partial charge is 0.306 e. The summed E-state index contributed by atoms with van der Waals surface area (Å²) in [5.74, 6) is 0.917. The molecule has 48 valence electrons. The molecule has 0 aromatic heterocycles. The van der Waals surface area contributed by atoms with Crippen molar-refractivity contribution in [2.75, 3.05) is 25.5 Å². The average molecular weight is 178 g/mol. The van der Waals surface area contributed by atoms with Crippen molar-refractivity contribution in [3.05, 3.63) is 0 Å². The smallest absolute Gasteiger partial charge is 0.00723 e. The molecule has 0 aromatic carbocycles. The molecule has 1 nitrogen and oxygen atoms in total. The molecule has 0 bridgehead atoms. The molecule has 1 rings (SSSR count). The van der Waals surface area contributed by atoms with E-state index in [9.17, 15) is 0 Å². The molecular weight excluding hydrogens is 166 g/mol. The first-order chi connectivity index (χ1) is 3.83. The van der Waals surface area contributed by atoms with Crippen molar-refractivity contribution < 1.29 is 0 Å². The lowest BCUT2D eigenvalue weighted by molar-refractivity contribution is 0.403. The second kappa shape index (κ2) is 2.83. The van der Waals surface area contributed by atoms with Gasteiger partial charge >= 0.3 is 0 Å². The lowest BCUT2D eigenvalue weighted by Crippen LogP contribution is -2.14. The summed E-state index contributed by atoms with van der Waals surface area (Å²) in [4.78, 5) is 2.38. The fourth-order valence-electron chi connectivity index (χ4n) is 1.15.